The average Bonchev–Trinajstić information content (AvgIpc) is 2.77. The van der Waals surface area contributed by atoms with E-state index < -0.39 is 0 Å². The molecule has 0 radical (unpaired) electrons. The second-order valence-electron chi connectivity index (χ2n) is 7.19. The summed E-state index contributed by atoms with van der Waals surface area (Å²) in [5.41, 5.74) is 0.455. The highest BCUT2D eigenvalue weighted by atomic mass is 15.2. The Labute approximate surface area is 120 Å². The highest BCUT2D eigenvalue weighted by Crippen LogP contribution is 2.34. The summed E-state index contributed by atoms with van der Waals surface area (Å²) in [6, 6.07) is 0.786. The fourth-order valence-corrected chi connectivity index (χ4v) is 4.14. The maximum absolute atomic E-state index is 3.93. The van der Waals surface area contributed by atoms with Gasteiger partial charge in [0.05, 0.1) is 0 Å². The van der Waals surface area contributed by atoms with Crippen LogP contribution >= 0.6 is 0 Å². The average molecular weight is 266 g/mol. The number of nitrogens with zero attached hydrogens (tertiary/aromatic N) is 1. The topological polar surface area (TPSA) is 15.3 Å². The fourth-order valence-electron chi connectivity index (χ4n) is 4.14. The number of nitrogens with one attached hydrogen (secondary N) is 1. The Balaban J connectivity index is 1.80. The summed E-state index contributed by atoms with van der Waals surface area (Å²) in [6.45, 7) is 3.57. The van der Waals surface area contributed by atoms with E-state index in [9.17, 15) is 0 Å². The Morgan fingerprint density at radius 1 is 1.00 bits per heavy atom. The van der Waals surface area contributed by atoms with Gasteiger partial charge in [-0.05, 0) is 52.1 Å². The van der Waals surface area contributed by atoms with Crippen LogP contribution in [0.1, 0.15) is 71.1 Å². The molecule has 19 heavy (non-hydrogen) atoms. The Bertz CT molecular complexity index is 256. The molecule has 0 bridgehead atoms. The third-order valence-corrected chi connectivity index (χ3v) is 5.87. The molecule has 1 N–H and O–H groups in total. The fraction of sp³-hybridized carbons (Fsp3) is 1.00. The molecule has 0 spiro atoms. The zero-order valence-electron chi connectivity index (χ0n) is 13.4. The van der Waals surface area contributed by atoms with E-state index in [2.05, 4.69) is 31.2 Å². The lowest BCUT2D eigenvalue weighted by atomic mass is 9.94. The van der Waals surface area contributed by atoms with Crippen molar-refractivity contribution in [3.63, 3.8) is 0 Å². The van der Waals surface area contributed by atoms with Crippen LogP contribution in [0.4, 0.5) is 0 Å². The zero-order valence-corrected chi connectivity index (χ0v) is 13.4. The van der Waals surface area contributed by atoms with Crippen molar-refractivity contribution in [1.82, 2.24) is 10.2 Å². The standard InChI is InChI=1S/C17H34N2/c1-4-15-8-7-9-16(11-10-15)18-14-17(19(2)3)12-5-6-13-17/h15-16,18H,4-14H2,1-3H3. The molecule has 0 aromatic rings. The molecule has 0 aromatic heterocycles. The summed E-state index contributed by atoms with van der Waals surface area (Å²) in [7, 11) is 4.54. The number of rotatable bonds is 5. The lowest BCUT2D eigenvalue weighted by Gasteiger charge is -2.38. The van der Waals surface area contributed by atoms with Crippen LogP contribution in [-0.2, 0) is 0 Å². The minimum Gasteiger partial charge on any atom is -0.312 e. The zero-order chi connectivity index (χ0) is 13.7. The van der Waals surface area contributed by atoms with Crippen molar-refractivity contribution in [3.05, 3.63) is 0 Å². The van der Waals surface area contributed by atoms with Crippen LogP contribution in [0.15, 0.2) is 0 Å². The summed E-state index contributed by atoms with van der Waals surface area (Å²) in [4.78, 5) is 2.48. The van der Waals surface area contributed by atoms with Crippen molar-refractivity contribution >= 4 is 0 Å². The van der Waals surface area contributed by atoms with Crippen molar-refractivity contribution in [2.75, 3.05) is 20.6 Å². The third kappa shape index (κ3) is 3.95. The van der Waals surface area contributed by atoms with Crippen LogP contribution in [0.25, 0.3) is 0 Å². The van der Waals surface area contributed by atoms with E-state index in [-0.39, 0.29) is 0 Å². The molecule has 2 fully saturated rings. The molecular weight excluding hydrogens is 232 g/mol. The Hall–Kier alpha value is -0.0800. The van der Waals surface area contributed by atoms with Gasteiger partial charge in [0.15, 0.2) is 0 Å². The van der Waals surface area contributed by atoms with E-state index in [0.717, 1.165) is 12.0 Å². The molecule has 2 rings (SSSR count). The van der Waals surface area contributed by atoms with Gasteiger partial charge in [0.1, 0.15) is 0 Å². The van der Waals surface area contributed by atoms with Crippen molar-refractivity contribution in [3.8, 4) is 0 Å². The van der Waals surface area contributed by atoms with Gasteiger partial charge in [-0.25, -0.2) is 0 Å². The summed E-state index contributed by atoms with van der Waals surface area (Å²) < 4.78 is 0. The maximum Gasteiger partial charge on any atom is 0.0327 e. The van der Waals surface area contributed by atoms with Gasteiger partial charge in [0.2, 0.25) is 0 Å². The molecule has 2 saturated carbocycles. The predicted octanol–water partition coefficient (Wildman–Crippen LogP) is 3.81. The van der Waals surface area contributed by atoms with Gasteiger partial charge in [-0.2, -0.15) is 0 Å². The largest absolute Gasteiger partial charge is 0.312 e. The molecule has 112 valence electrons. The molecule has 2 atom stereocenters. The first-order valence-electron chi connectivity index (χ1n) is 8.57. The molecule has 0 amide bonds. The molecular formula is C17H34N2. The molecule has 0 aromatic carbocycles. The van der Waals surface area contributed by atoms with Crippen LogP contribution < -0.4 is 5.32 Å². The van der Waals surface area contributed by atoms with Crippen LogP contribution in [0.5, 0.6) is 0 Å². The number of hydrogen-bond acceptors (Lipinski definition) is 2. The summed E-state index contributed by atoms with van der Waals surface area (Å²) in [5.74, 6) is 1.00. The molecule has 0 saturated heterocycles. The number of hydrogen-bond donors (Lipinski definition) is 1. The summed E-state index contributed by atoms with van der Waals surface area (Å²) in [5, 5.41) is 3.93. The van der Waals surface area contributed by atoms with E-state index in [4.69, 9.17) is 0 Å². The third-order valence-electron chi connectivity index (χ3n) is 5.87. The minimum atomic E-state index is 0.455. The molecule has 2 unspecified atom stereocenters. The van der Waals surface area contributed by atoms with Gasteiger partial charge in [0, 0.05) is 18.1 Å². The van der Waals surface area contributed by atoms with Gasteiger partial charge in [-0.1, -0.05) is 39.0 Å². The van der Waals surface area contributed by atoms with Crippen LogP contribution in [0.3, 0.4) is 0 Å². The van der Waals surface area contributed by atoms with Crippen LogP contribution in [0, 0.1) is 5.92 Å². The van der Waals surface area contributed by atoms with Gasteiger partial charge in [0.25, 0.3) is 0 Å². The first kappa shape index (κ1) is 15.3. The van der Waals surface area contributed by atoms with Crippen molar-refractivity contribution in [2.45, 2.75) is 82.7 Å². The molecule has 2 aliphatic carbocycles. The van der Waals surface area contributed by atoms with E-state index in [1.807, 2.05) is 0 Å². The minimum absolute atomic E-state index is 0.455. The Morgan fingerprint density at radius 3 is 2.37 bits per heavy atom. The summed E-state index contributed by atoms with van der Waals surface area (Å²) in [6.07, 6.45) is 14.2. The van der Waals surface area contributed by atoms with E-state index in [0.29, 0.717) is 5.54 Å². The van der Waals surface area contributed by atoms with Crippen molar-refractivity contribution in [1.29, 1.82) is 0 Å². The normalized spacial score (nSPS) is 31.6. The lowest BCUT2D eigenvalue weighted by molar-refractivity contribution is 0.147. The maximum atomic E-state index is 3.93. The Kier molecular flexibility index (Phi) is 5.70. The smallest absolute Gasteiger partial charge is 0.0327 e. The molecule has 2 heteroatoms. The quantitative estimate of drug-likeness (QED) is 0.761. The second kappa shape index (κ2) is 7.08. The lowest BCUT2D eigenvalue weighted by Crippen LogP contribution is -2.51. The molecule has 0 aliphatic heterocycles. The van der Waals surface area contributed by atoms with Crippen LogP contribution in [-0.4, -0.2) is 37.1 Å². The first-order chi connectivity index (χ1) is 9.16. The molecule has 2 aliphatic rings. The van der Waals surface area contributed by atoms with Crippen LogP contribution in [0.2, 0.25) is 0 Å². The van der Waals surface area contributed by atoms with Gasteiger partial charge < -0.3 is 10.2 Å². The second-order valence-corrected chi connectivity index (χ2v) is 7.19. The predicted molar refractivity (Wildman–Crippen MR) is 83.5 cm³/mol. The first-order valence-corrected chi connectivity index (χ1v) is 8.57. The molecule has 0 heterocycles. The van der Waals surface area contributed by atoms with Gasteiger partial charge in [-0.15, -0.1) is 0 Å². The van der Waals surface area contributed by atoms with Gasteiger partial charge in [-0.3, -0.25) is 0 Å². The van der Waals surface area contributed by atoms with Crippen molar-refractivity contribution in [2.24, 2.45) is 5.92 Å². The van der Waals surface area contributed by atoms with E-state index in [1.165, 1.54) is 70.8 Å². The van der Waals surface area contributed by atoms with Gasteiger partial charge >= 0.3 is 0 Å². The van der Waals surface area contributed by atoms with E-state index >= 15 is 0 Å². The Morgan fingerprint density at radius 2 is 1.74 bits per heavy atom. The summed E-state index contributed by atoms with van der Waals surface area (Å²) >= 11 is 0. The highest BCUT2D eigenvalue weighted by Gasteiger charge is 2.36. The van der Waals surface area contributed by atoms with Crippen molar-refractivity contribution < 1.29 is 0 Å². The molecule has 2 nitrogen and oxygen atoms in total. The highest BCUT2D eigenvalue weighted by molar-refractivity contribution is 4.95. The van der Waals surface area contributed by atoms with E-state index in [1.54, 1.807) is 0 Å². The monoisotopic (exact) mass is 266 g/mol. The number of likely N-dealkylation sites (N-methyl/N-ethyl adjacent to an activating group) is 1. The SMILES string of the molecule is CCC1CCCC(NCC2(N(C)C)CCCC2)CC1.